The molecule has 20 heavy (non-hydrogen) atoms. The molecule has 0 bridgehead atoms. The second-order valence-corrected chi connectivity index (χ2v) is 5.12. The van der Waals surface area contributed by atoms with Crippen molar-refractivity contribution in [2.45, 2.75) is 32.2 Å². The van der Waals surface area contributed by atoms with E-state index in [0.717, 1.165) is 19.3 Å². The van der Waals surface area contributed by atoms with E-state index in [9.17, 15) is 14.9 Å². The van der Waals surface area contributed by atoms with Gasteiger partial charge in [0.2, 0.25) is 0 Å². The Kier molecular flexibility index (Phi) is 4.34. The summed E-state index contributed by atoms with van der Waals surface area (Å²) < 4.78 is 0. The van der Waals surface area contributed by atoms with Gasteiger partial charge in [-0.25, -0.2) is 0 Å². The Hall–Kier alpha value is -1.95. The van der Waals surface area contributed by atoms with Crippen LogP contribution in [0.1, 0.15) is 35.2 Å². The Morgan fingerprint density at radius 2 is 2.15 bits per heavy atom. The van der Waals surface area contributed by atoms with Gasteiger partial charge >= 0.3 is 0 Å². The third kappa shape index (κ3) is 2.96. The van der Waals surface area contributed by atoms with Crippen LogP contribution in [0.15, 0.2) is 18.2 Å². The van der Waals surface area contributed by atoms with E-state index in [4.69, 9.17) is 5.11 Å². The summed E-state index contributed by atoms with van der Waals surface area (Å²) in [6, 6.07) is 4.54. The largest absolute Gasteiger partial charge is 0.395 e. The topological polar surface area (TPSA) is 83.7 Å². The van der Waals surface area contributed by atoms with Crippen molar-refractivity contribution >= 4 is 11.6 Å². The number of benzene rings is 1. The summed E-state index contributed by atoms with van der Waals surface area (Å²) >= 11 is 0. The lowest BCUT2D eigenvalue weighted by Gasteiger charge is -2.37. The van der Waals surface area contributed by atoms with Gasteiger partial charge < -0.3 is 10.0 Å². The molecule has 1 amide bonds. The van der Waals surface area contributed by atoms with E-state index in [-0.39, 0.29) is 30.8 Å². The average Bonchev–Trinajstić information content (AvgIpc) is 2.34. The van der Waals surface area contributed by atoms with E-state index < -0.39 is 4.92 Å². The summed E-state index contributed by atoms with van der Waals surface area (Å²) in [6.07, 6.45) is 2.94. The number of nitrogens with zero attached hydrogens (tertiary/aromatic N) is 2. The smallest absolute Gasteiger partial charge is 0.270 e. The molecule has 0 unspecified atom stereocenters. The lowest BCUT2D eigenvalue weighted by Crippen LogP contribution is -2.45. The van der Waals surface area contributed by atoms with Crippen molar-refractivity contribution < 1.29 is 14.8 Å². The number of aliphatic hydroxyl groups excluding tert-OH is 1. The van der Waals surface area contributed by atoms with Gasteiger partial charge in [-0.2, -0.15) is 0 Å². The third-order valence-electron chi connectivity index (χ3n) is 3.64. The first-order chi connectivity index (χ1) is 9.52. The van der Waals surface area contributed by atoms with Crippen LogP contribution >= 0.6 is 0 Å². The van der Waals surface area contributed by atoms with E-state index in [2.05, 4.69) is 0 Å². The molecule has 6 heteroatoms. The monoisotopic (exact) mass is 278 g/mol. The van der Waals surface area contributed by atoms with E-state index in [0.29, 0.717) is 11.1 Å². The summed E-state index contributed by atoms with van der Waals surface area (Å²) in [5.74, 6) is -0.240. The molecule has 1 aliphatic carbocycles. The zero-order valence-corrected chi connectivity index (χ0v) is 11.4. The molecule has 0 aromatic heterocycles. The van der Waals surface area contributed by atoms with Crippen molar-refractivity contribution in [1.29, 1.82) is 0 Å². The summed E-state index contributed by atoms with van der Waals surface area (Å²) in [4.78, 5) is 24.5. The van der Waals surface area contributed by atoms with Crippen molar-refractivity contribution in [3.63, 3.8) is 0 Å². The van der Waals surface area contributed by atoms with Crippen LogP contribution in [0.4, 0.5) is 5.69 Å². The Balaban J connectivity index is 2.28. The standard InChI is InChI=1S/C14H18N2O4/c1-10-7-11(9-13(8-10)16(19)20)14(18)15(5-6-17)12-3-2-4-12/h7-9,12,17H,2-6H2,1H3. The van der Waals surface area contributed by atoms with E-state index in [1.807, 2.05) is 0 Å². The van der Waals surface area contributed by atoms with Gasteiger partial charge in [-0.1, -0.05) is 0 Å². The highest BCUT2D eigenvalue weighted by Crippen LogP contribution is 2.27. The van der Waals surface area contributed by atoms with Crippen LogP contribution in [-0.4, -0.2) is 40.0 Å². The number of carbonyl (C=O) groups is 1. The number of aryl methyl sites for hydroxylation is 1. The molecule has 0 atom stereocenters. The first-order valence-corrected chi connectivity index (χ1v) is 6.71. The Morgan fingerprint density at radius 1 is 1.45 bits per heavy atom. The fourth-order valence-corrected chi connectivity index (χ4v) is 2.41. The van der Waals surface area contributed by atoms with Gasteiger partial charge in [-0.3, -0.25) is 14.9 Å². The molecule has 0 radical (unpaired) electrons. The van der Waals surface area contributed by atoms with E-state index >= 15 is 0 Å². The van der Waals surface area contributed by atoms with Crippen LogP contribution in [0.2, 0.25) is 0 Å². The normalized spacial score (nSPS) is 14.7. The third-order valence-corrected chi connectivity index (χ3v) is 3.64. The number of nitro groups is 1. The average molecular weight is 278 g/mol. The second-order valence-electron chi connectivity index (χ2n) is 5.12. The van der Waals surface area contributed by atoms with Crippen molar-refractivity contribution in [3.05, 3.63) is 39.4 Å². The maximum absolute atomic E-state index is 12.5. The zero-order chi connectivity index (χ0) is 14.7. The van der Waals surface area contributed by atoms with Gasteiger partial charge in [-0.15, -0.1) is 0 Å². The number of carbonyl (C=O) groups excluding carboxylic acids is 1. The van der Waals surface area contributed by atoms with Gasteiger partial charge in [0, 0.05) is 30.3 Å². The lowest BCUT2D eigenvalue weighted by molar-refractivity contribution is -0.384. The van der Waals surface area contributed by atoms with Gasteiger partial charge in [0.1, 0.15) is 0 Å². The lowest BCUT2D eigenvalue weighted by atomic mass is 9.91. The van der Waals surface area contributed by atoms with Crippen molar-refractivity contribution in [2.75, 3.05) is 13.2 Å². The Bertz CT molecular complexity index is 526. The zero-order valence-electron chi connectivity index (χ0n) is 11.4. The molecule has 0 aliphatic heterocycles. The molecule has 0 heterocycles. The minimum Gasteiger partial charge on any atom is -0.395 e. The second kappa shape index (κ2) is 6.00. The SMILES string of the molecule is Cc1cc(C(=O)N(CCO)C2CCC2)cc([N+](=O)[O-])c1. The van der Waals surface area contributed by atoms with Crippen LogP contribution in [0, 0.1) is 17.0 Å². The molecule has 1 N–H and O–H groups in total. The fourth-order valence-electron chi connectivity index (χ4n) is 2.41. The summed E-state index contributed by atoms with van der Waals surface area (Å²) in [5, 5.41) is 20.0. The quantitative estimate of drug-likeness (QED) is 0.658. The first kappa shape index (κ1) is 14.5. The Morgan fingerprint density at radius 3 is 2.65 bits per heavy atom. The van der Waals surface area contributed by atoms with Gasteiger partial charge in [0.25, 0.3) is 11.6 Å². The predicted molar refractivity (Wildman–Crippen MR) is 73.6 cm³/mol. The van der Waals surface area contributed by atoms with Gasteiger partial charge in [0.05, 0.1) is 11.5 Å². The van der Waals surface area contributed by atoms with Crippen LogP contribution in [0.25, 0.3) is 0 Å². The van der Waals surface area contributed by atoms with E-state index in [1.54, 1.807) is 17.9 Å². The molecule has 6 nitrogen and oxygen atoms in total. The molecule has 1 fully saturated rings. The number of aliphatic hydroxyl groups is 1. The highest BCUT2D eigenvalue weighted by molar-refractivity contribution is 5.95. The summed E-state index contributed by atoms with van der Waals surface area (Å²) in [6.45, 7) is 1.89. The molecular weight excluding hydrogens is 260 g/mol. The highest BCUT2D eigenvalue weighted by Gasteiger charge is 2.29. The summed E-state index contributed by atoms with van der Waals surface area (Å²) in [5.41, 5.74) is 0.920. The molecule has 1 saturated carbocycles. The maximum Gasteiger partial charge on any atom is 0.270 e. The fraction of sp³-hybridized carbons (Fsp3) is 0.500. The molecule has 0 saturated heterocycles. The highest BCUT2D eigenvalue weighted by atomic mass is 16.6. The molecule has 0 spiro atoms. The van der Waals surface area contributed by atoms with Crippen molar-refractivity contribution in [1.82, 2.24) is 4.90 Å². The minimum atomic E-state index is -0.497. The van der Waals surface area contributed by atoms with E-state index in [1.165, 1.54) is 12.1 Å². The van der Waals surface area contributed by atoms with Crippen molar-refractivity contribution in [2.24, 2.45) is 0 Å². The van der Waals surface area contributed by atoms with Crippen LogP contribution in [-0.2, 0) is 0 Å². The molecular formula is C14H18N2O4. The predicted octanol–water partition coefficient (Wildman–Crippen LogP) is 1.89. The first-order valence-electron chi connectivity index (χ1n) is 6.71. The molecule has 1 aliphatic rings. The number of amides is 1. The number of rotatable bonds is 5. The van der Waals surface area contributed by atoms with Crippen LogP contribution < -0.4 is 0 Å². The maximum atomic E-state index is 12.5. The number of non-ortho nitro benzene ring substituents is 1. The summed E-state index contributed by atoms with van der Waals surface area (Å²) in [7, 11) is 0. The molecule has 1 aromatic rings. The molecule has 1 aromatic carbocycles. The van der Waals surface area contributed by atoms with Crippen molar-refractivity contribution in [3.8, 4) is 0 Å². The minimum absolute atomic E-state index is 0.0779. The van der Waals surface area contributed by atoms with Crippen LogP contribution in [0.5, 0.6) is 0 Å². The molecule has 2 rings (SSSR count). The number of nitro benzene ring substituents is 1. The number of hydrogen-bond acceptors (Lipinski definition) is 4. The Labute approximate surface area is 117 Å². The van der Waals surface area contributed by atoms with Gasteiger partial charge in [-0.05, 0) is 37.8 Å². The molecule has 108 valence electrons. The van der Waals surface area contributed by atoms with Gasteiger partial charge in [0.15, 0.2) is 0 Å². The number of hydrogen-bond donors (Lipinski definition) is 1. The van der Waals surface area contributed by atoms with Crippen LogP contribution in [0.3, 0.4) is 0 Å².